The van der Waals surface area contributed by atoms with E-state index in [4.69, 9.17) is 16.0 Å². The van der Waals surface area contributed by atoms with Gasteiger partial charge in [-0.15, -0.1) is 0 Å². The van der Waals surface area contributed by atoms with Crippen LogP contribution in [0, 0.1) is 13.8 Å². The van der Waals surface area contributed by atoms with E-state index in [-0.39, 0.29) is 0 Å². The summed E-state index contributed by atoms with van der Waals surface area (Å²) in [4.78, 5) is 8.02. The molecule has 0 aliphatic rings. The SMILES string of the molecule is Cc1cc(C)c2nc(-c3ccc(-c4ccc(Cl)cc4)o3)[nH]c2c1. The molecule has 0 bridgehead atoms. The molecule has 2 aromatic carbocycles. The summed E-state index contributed by atoms with van der Waals surface area (Å²) in [6, 6.07) is 15.7. The number of H-pyrrole nitrogens is 1. The number of rotatable bonds is 2. The Kier molecular flexibility index (Phi) is 3.24. The average molecular weight is 323 g/mol. The van der Waals surface area contributed by atoms with Gasteiger partial charge in [-0.3, -0.25) is 0 Å². The fourth-order valence-electron chi connectivity index (χ4n) is 2.82. The van der Waals surface area contributed by atoms with Crippen LogP contribution in [0.1, 0.15) is 11.1 Å². The number of aromatic nitrogens is 2. The molecular formula is C19H15ClN2O. The van der Waals surface area contributed by atoms with Gasteiger partial charge in [-0.05, 0) is 67.4 Å². The Bertz CT molecular complexity index is 996. The molecule has 0 amide bonds. The van der Waals surface area contributed by atoms with Crippen LogP contribution in [0.2, 0.25) is 5.02 Å². The van der Waals surface area contributed by atoms with Gasteiger partial charge in [0.05, 0.1) is 11.0 Å². The van der Waals surface area contributed by atoms with Crippen molar-refractivity contribution < 1.29 is 4.42 Å². The molecule has 0 unspecified atom stereocenters. The van der Waals surface area contributed by atoms with Crippen LogP contribution in [-0.4, -0.2) is 9.97 Å². The largest absolute Gasteiger partial charge is 0.453 e. The summed E-state index contributed by atoms with van der Waals surface area (Å²) in [5.41, 5.74) is 5.37. The van der Waals surface area contributed by atoms with Gasteiger partial charge < -0.3 is 9.40 Å². The van der Waals surface area contributed by atoms with E-state index in [1.165, 1.54) is 5.56 Å². The van der Waals surface area contributed by atoms with E-state index in [1.807, 2.05) is 36.4 Å². The van der Waals surface area contributed by atoms with Crippen LogP contribution < -0.4 is 0 Å². The van der Waals surface area contributed by atoms with E-state index in [2.05, 4.69) is 35.9 Å². The lowest BCUT2D eigenvalue weighted by Crippen LogP contribution is -1.79. The fourth-order valence-corrected chi connectivity index (χ4v) is 2.95. The highest BCUT2D eigenvalue weighted by molar-refractivity contribution is 6.30. The number of imidazole rings is 1. The monoisotopic (exact) mass is 322 g/mol. The van der Waals surface area contributed by atoms with Crippen LogP contribution in [0.3, 0.4) is 0 Å². The van der Waals surface area contributed by atoms with Crippen molar-refractivity contribution in [2.45, 2.75) is 13.8 Å². The van der Waals surface area contributed by atoms with E-state index in [1.54, 1.807) is 0 Å². The normalized spacial score (nSPS) is 11.3. The molecular weight excluding hydrogens is 308 g/mol. The maximum Gasteiger partial charge on any atom is 0.174 e. The number of fused-ring (bicyclic) bond motifs is 1. The number of aromatic amines is 1. The summed E-state index contributed by atoms with van der Waals surface area (Å²) in [6.45, 7) is 4.15. The lowest BCUT2D eigenvalue weighted by Gasteiger charge is -1.96. The van der Waals surface area contributed by atoms with Crippen LogP contribution in [-0.2, 0) is 0 Å². The van der Waals surface area contributed by atoms with E-state index in [0.717, 1.165) is 39.5 Å². The molecule has 114 valence electrons. The minimum atomic E-state index is 0.712. The summed E-state index contributed by atoms with van der Waals surface area (Å²) in [6.07, 6.45) is 0. The first kappa shape index (κ1) is 14.1. The van der Waals surface area contributed by atoms with Crippen molar-refractivity contribution in [3.8, 4) is 22.9 Å². The van der Waals surface area contributed by atoms with Crippen LogP contribution >= 0.6 is 11.6 Å². The lowest BCUT2D eigenvalue weighted by molar-refractivity contribution is 0.593. The first-order valence-corrected chi connectivity index (χ1v) is 7.81. The molecule has 0 atom stereocenters. The number of halogens is 1. The topological polar surface area (TPSA) is 41.8 Å². The Balaban J connectivity index is 1.77. The first-order chi connectivity index (χ1) is 11.1. The van der Waals surface area contributed by atoms with E-state index >= 15 is 0 Å². The van der Waals surface area contributed by atoms with Crippen LogP contribution in [0.15, 0.2) is 52.9 Å². The quantitative estimate of drug-likeness (QED) is 0.509. The minimum Gasteiger partial charge on any atom is -0.453 e. The third-order valence-electron chi connectivity index (χ3n) is 3.89. The van der Waals surface area contributed by atoms with Crippen molar-refractivity contribution in [2.75, 3.05) is 0 Å². The summed E-state index contributed by atoms with van der Waals surface area (Å²) >= 11 is 5.93. The van der Waals surface area contributed by atoms with Crippen molar-refractivity contribution in [1.29, 1.82) is 0 Å². The Labute approximate surface area is 138 Å². The van der Waals surface area contributed by atoms with Crippen molar-refractivity contribution in [3.05, 3.63) is 64.7 Å². The molecule has 3 nitrogen and oxygen atoms in total. The molecule has 0 fully saturated rings. The predicted molar refractivity (Wildman–Crippen MR) is 93.7 cm³/mol. The van der Waals surface area contributed by atoms with Crippen LogP contribution in [0.5, 0.6) is 0 Å². The van der Waals surface area contributed by atoms with Crippen molar-refractivity contribution in [2.24, 2.45) is 0 Å². The van der Waals surface area contributed by atoms with Gasteiger partial charge in [0.15, 0.2) is 11.6 Å². The Morgan fingerprint density at radius 2 is 1.70 bits per heavy atom. The zero-order valence-electron chi connectivity index (χ0n) is 12.9. The van der Waals surface area contributed by atoms with E-state index < -0.39 is 0 Å². The number of furan rings is 1. The Morgan fingerprint density at radius 1 is 0.957 bits per heavy atom. The van der Waals surface area contributed by atoms with Crippen molar-refractivity contribution in [3.63, 3.8) is 0 Å². The Hall–Kier alpha value is -2.52. The highest BCUT2D eigenvalue weighted by atomic mass is 35.5. The predicted octanol–water partition coefficient (Wildman–Crippen LogP) is 5.76. The Morgan fingerprint density at radius 3 is 2.48 bits per heavy atom. The second-order valence-corrected chi connectivity index (χ2v) is 6.17. The number of aryl methyl sites for hydroxylation is 2. The number of hydrogen-bond acceptors (Lipinski definition) is 2. The molecule has 1 N–H and O–H groups in total. The average Bonchev–Trinajstić information content (AvgIpc) is 3.14. The fraction of sp³-hybridized carbons (Fsp3) is 0.105. The number of benzene rings is 2. The summed E-state index contributed by atoms with van der Waals surface area (Å²) in [7, 11) is 0. The van der Waals surface area contributed by atoms with Gasteiger partial charge in [-0.1, -0.05) is 17.7 Å². The van der Waals surface area contributed by atoms with Gasteiger partial charge in [0, 0.05) is 10.6 Å². The molecule has 4 rings (SSSR count). The molecule has 23 heavy (non-hydrogen) atoms. The minimum absolute atomic E-state index is 0.712. The van der Waals surface area contributed by atoms with E-state index in [0.29, 0.717) is 5.02 Å². The third kappa shape index (κ3) is 2.53. The van der Waals surface area contributed by atoms with E-state index in [9.17, 15) is 0 Å². The maximum atomic E-state index is 5.96. The van der Waals surface area contributed by atoms with Gasteiger partial charge in [0.25, 0.3) is 0 Å². The summed E-state index contributed by atoms with van der Waals surface area (Å²) in [5, 5.41) is 0.712. The molecule has 2 aromatic heterocycles. The van der Waals surface area contributed by atoms with Crippen molar-refractivity contribution >= 4 is 22.6 Å². The highest BCUT2D eigenvalue weighted by Gasteiger charge is 2.12. The zero-order valence-corrected chi connectivity index (χ0v) is 13.6. The highest BCUT2D eigenvalue weighted by Crippen LogP contribution is 2.29. The van der Waals surface area contributed by atoms with Gasteiger partial charge in [0.2, 0.25) is 0 Å². The molecule has 0 radical (unpaired) electrons. The molecule has 0 saturated carbocycles. The van der Waals surface area contributed by atoms with Crippen molar-refractivity contribution in [1.82, 2.24) is 9.97 Å². The molecule has 4 heteroatoms. The van der Waals surface area contributed by atoms with Gasteiger partial charge in [-0.2, -0.15) is 0 Å². The number of hydrogen-bond donors (Lipinski definition) is 1. The standard InChI is InChI=1S/C19H15ClN2O/c1-11-9-12(2)18-15(10-11)21-19(22-18)17-8-7-16(23-17)13-3-5-14(20)6-4-13/h3-10H,1-2H3,(H,21,22). The lowest BCUT2D eigenvalue weighted by atomic mass is 10.1. The molecule has 0 aliphatic heterocycles. The zero-order chi connectivity index (χ0) is 16.0. The smallest absolute Gasteiger partial charge is 0.174 e. The summed E-state index contributed by atoms with van der Waals surface area (Å²) < 4.78 is 5.96. The van der Waals surface area contributed by atoms with Gasteiger partial charge in [-0.25, -0.2) is 4.98 Å². The second-order valence-electron chi connectivity index (χ2n) is 5.73. The summed E-state index contributed by atoms with van der Waals surface area (Å²) in [5.74, 6) is 2.27. The first-order valence-electron chi connectivity index (χ1n) is 7.43. The molecule has 0 spiro atoms. The number of nitrogens with zero attached hydrogens (tertiary/aromatic N) is 1. The molecule has 4 aromatic rings. The third-order valence-corrected chi connectivity index (χ3v) is 4.14. The van der Waals surface area contributed by atoms with Crippen LogP contribution in [0.4, 0.5) is 0 Å². The van der Waals surface area contributed by atoms with Gasteiger partial charge in [0.1, 0.15) is 5.76 Å². The molecule has 0 saturated heterocycles. The molecule has 2 heterocycles. The second kappa shape index (κ2) is 5.28. The van der Waals surface area contributed by atoms with Crippen LogP contribution in [0.25, 0.3) is 33.9 Å². The molecule has 0 aliphatic carbocycles. The maximum absolute atomic E-state index is 5.96. The van der Waals surface area contributed by atoms with Gasteiger partial charge >= 0.3 is 0 Å². The number of nitrogens with one attached hydrogen (secondary N) is 1.